The molecule has 0 amide bonds. The Balaban J connectivity index is 1.58. The van der Waals surface area contributed by atoms with Crippen molar-refractivity contribution in [2.24, 2.45) is 5.41 Å². The van der Waals surface area contributed by atoms with Gasteiger partial charge in [-0.05, 0) is 42.0 Å². The maximum absolute atomic E-state index is 14.8. The fraction of sp³-hybridized carbons (Fsp3) is 0.171. The summed E-state index contributed by atoms with van der Waals surface area (Å²) in [5.74, 6) is -0.929. The third-order valence-corrected chi connectivity index (χ3v) is 9.13. The highest BCUT2D eigenvalue weighted by Crippen LogP contribution is 2.62. The van der Waals surface area contributed by atoms with E-state index in [1.54, 1.807) is 60.7 Å². The summed E-state index contributed by atoms with van der Waals surface area (Å²) in [6.45, 7) is 0. The zero-order valence-corrected chi connectivity index (χ0v) is 23.7. The summed E-state index contributed by atoms with van der Waals surface area (Å²) in [4.78, 5) is 46.4. The Labute approximate surface area is 248 Å². The minimum atomic E-state index is -1.64. The molecule has 0 bridgehead atoms. The number of ether oxygens (including phenoxy) is 2. The number of carbonyl (C=O) groups excluding carboxylic acids is 3. The molecule has 0 radical (unpaired) electrons. The lowest BCUT2D eigenvalue weighted by Crippen LogP contribution is -2.48. The smallest absolute Gasteiger partial charge is 0.185 e. The Morgan fingerprint density at radius 3 is 2.14 bits per heavy atom. The molecule has 0 saturated carbocycles. The summed E-state index contributed by atoms with van der Waals surface area (Å²) < 4.78 is 11.5. The van der Waals surface area contributed by atoms with Crippen molar-refractivity contribution in [1.29, 1.82) is 0 Å². The monoisotopic (exact) mass is 575 g/mol. The van der Waals surface area contributed by atoms with Crippen molar-refractivity contribution in [3.8, 4) is 11.5 Å². The molecular formula is C35H26ClNO5. The molecule has 2 aliphatic heterocycles. The fourth-order valence-corrected chi connectivity index (χ4v) is 7.33. The van der Waals surface area contributed by atoms with Crippen molar-refractivity contribution in [1.82, 2.24) is 0 Å². The van der Waals surface area contributed by atoms with Gasteiger partial charge in [-0.15, -0.1) is 0 Å². The van der Waals surface area contributed by atoms with E-state index < -0.39 is 23.4 Å². The van der Waals surface area contributed by atoms with E-state index in [1.807, 2.05) is 47.4 Å². The van der Waals surface area contributed by atoms with Crippen LogP contribution in [-0.2, 0) is 0 Å². The molecule has 2 heterocycles. The molecule has 6 nitrogen and oxygen atoms in total. The van der Waals surface area contributed by atoms with Gasteiger partial charge in [0.05, 0.1) is 20.3 Å². The summed E-state index contributed by atoms with van der Waals surface area (Å²) in [6.07, 6.45) is 3.84. The molecule has 4 aromatic rings. The first-order valence-electron chi connectivity index (χ1n) is 13.7. The van der Waals surface area contributed by atoms with Crippen LogP contribution in [0.15, 0.2) is 97.1 Å². The van der Waals surface area contributed by atoms with Gasteiger partial charge >= 0.3 is 0 Å². The van der Waals surface area contributed by atoms with E-state index in [2.05, 4.69) is 0 Å². The average molecular weight is 576 g/mol. The molecule has 3 aliphatic rings. The molecule has 42 heavy (non-hydrogen) atoms. The van der Waals surface area contributed by atoms with Crippen LogP contribution in [0.4, 0.5) is 5.69 Å². The summed E-state index contributed by atoms with van der Waals surface area (Å²) in [5.41, 5.74) is 1.74. The summed E-state index contributed by atoms with van der Waals surface area (Å²) >= 11 is 6.19. The van der Waals surface area contributed by atoms with Gasteiger partial charge in [-0.2, -0.15) is 0 Å². The maximum Gasteiger partial charge on any atom is 0.185 e. The summed E-state index contributed by atoms with van der Waals surface area (Å²) in [5, 5.41) is 0.501. The van der Waals surface area contributed by atoms with Gasteiger partial charge in [0, 0.05) is 38.9 Å². The molecular weight excluding hydrogens is 550 g/mol. The Bertz CT molecular complexity index is 1780. The predicted molar refractivity (Wildman–Crippen MR) is 161 cm³/mol. The van der Waals surface area contributed by atoms with E-state index in [-0.39, 0.29) is 17.3 Å². The highest BCUT2D eigenvalue weighted by atomic mass is 35.5. The number of ketones is 3. The standard InChI is InChI=1S/C35H26ClNO5/c1-41-27-13-7-11-25(32(27)42-2)29-30(31(38)21-14-17-22(36)18-15-21)37-26-12-6-3-8-20(26)16-19-28(37)35(29)33(39)23-9-4-5-10-24(23)34(35)40/h3-19,28-30H,1-2H3/t28?,29-,30+/m0/s1. The maximum atomic E-state index is 14.8. The zero-order valence-electron chi connectivity index (χ0n) is 22.9. The Kier molecular flexibility index (Phi) is 6.06. The number of fused-ring (bicyclic) bond motifs is 5. The van der Waals surface area contributed by atoms with Crippen molar-refractivity contribution in [2.45, 2.75) is 18.0 Å². The van der Waals surface area contributed by atoms with Crippen LogP contribution >= 0.6 is 11.6 Å². The van der Waals surface area contributed by atoms with E-state index in [9.17, 15) is 14.4 Å². The van der Waals surface area contributed by atoms with Crippen LogP contribution in [0.2, 0.25) is 5.02 Å². The SMILES string of the molecule is COc1cccc([C@H]2[C@H](C(=O)c3ccc(Cl)cc3)N3c4ccccc4C=CC3C23C(=O)c2ccccc2C3=O)c1OC. The first-order valence-corrected chi connectivity index (χ1v) is 14.1. The van der Waals surface area contributed by atoms with Gasteiger partial charge in [-0.25, -0.2) is 0 Å². The molecule has 0 aromatic heterocycles. The second kappa shape index (κ2) is 9.71. The molecule has 1 unspecified atom stereocenters. The molecule has 0 N–H and O–H groups in total. The van der Waals surface area contributed by atoms with Gasteiger partial charge in [0.1, 0.15) is 11.5 Å². The highest BCUT2D eigenvalue weighted by molar-refractivity contribution is 6.32. The van der Waals surface area contributed by atoms with Crippen molar-refractivity contribution in [3.63, 3.8) is 0 Å². The topological polar surface area (TPSA) is 72.9 Å². The normalized spacial score (nSPS) is 21.2. The van der Waals surface area contributed by atoms with Crippen molar-refractivity contribution in [3.05, 3.63) is 130 Å². The third-order valence-electron chi connectivity index (χ3n) is 8.88. The van der Waals surface area contributed by atoms with Crippen LogP contribution in [0, 0.1) is 5.41 Å². The van der Waals surface area contributed by atoms with Crippen LogP contribution in [-0.4, -0.2) is 43.7 Å². The van der Waals surface area contributed by atoms with Crippen molar-refractivity contribution >= 4 is 40.7 Å². The molecule has 3 atom stereocenters. The van der Waals surface area contributed by atoms with Crippen LogP contribution < -0.4 is 14.4 Å². The molecule has 1 aliphatic carbocycles. The average Bonchev–Trinajstić information content (AvgIpc) is 3.46. The second-order valence-corrected chi connectivity index (χ2v) is 11.2. The van der Waals surface area contributed by atoms with Crippen molar-refractivity contribution < 1.29 is 23.9 Å². The van der Waals surface area contributed by atoms with E-state index in [4.69, 9.17) is 21.1 Å². The Morgan fingerprint density at radius 1 is 0.810 bits per heavy atom. The molecule has 1 spiro atoms. The molecule has 1 fully saturated rings. The molecule has 1 saturated heterocycles. The number of rotatable bonds is 5. The minimum Gasteiger partial charge on any atom is -0.493 e. The number of carbonyl (C=O) groups is 3. The van der Waals surface area contributed by atoms with E-state index >= 15 is 0 Å². The minimum absolute atomic E-state index is 0.231. The third kappa shape index (κ3) is 3.42. The number of Topliss-reactive ketones (excluding diaryl/α,β-unsaturated/α-hetero) is 3. The van der Waals surface area contributed by atoms with E-state index in [1.165, 1.54) is 14.2 Å². The molecule has 208 valence electrons. The lowest BCUT2D eigenvalue weighted by molar-refractivity contribution is 0.0664. The number of hydrogen-bond donors (Lipinski definition) is 0. The Morgan fingerprint density at radius 2 is 1.48 bits per heavy atom. The van der Waals surface area contributed by atoms with Gasteiger partial charge < -0.3 is 14.4 Å². The van der Waals surface area contributed by atoms with Gasteiger partial charge in [0.15, 0.2) is 28.8 Å². The number of anilines is 1. The van der Waals surface area contributed by atoms with Crippen LogP contribution in [0.1, 0.15) is 48.1 Å². The first-order chi connectivity index (χ1) is 20.4. The summed E-state index contributed by atoms with van der Waals surface area (Å²) in [6, 6.07) is 25.1. The number of hydrogen-bond acceptors (Lipinski definition) is 6. The molecule has 4 aromatic carbocycles. The molecule has 7 heteroatoms. The lowest BCUT2D eigenvalue weighted by atomic mass is 9.64. The quantitative estimate of drug-likeness (QED) is 0.195. The van der Waals surface area contributed by atoms with Crippen molar-refractivity contribution in [2.75, 3.05) is 19.1 Å². The largest absolute Gasteiger partial charge is 0.493 e. The van der Waals surface area contributed by atoms with E-state index in [0.29, 0.717) is 38.8 Å². The number of para-hydroxylation sites is 2. The summed E-state index contributed by atoms with van der Waals surface area (Å²) in [7, 11) is 3.06. The number of benzene rings is 4. The number of halogens is 1. The van der Waals surface area contributed by atoms with Gasteiger partial charge in [0.2, 0.25) is 0 Å². The van der Waals surface area contributed by atoms with Gasteiger partial charge in [0.25, 0.3) is 0 Å². The zero-order chi connectivity index (χ0) is 29.2. The Hall–Kier alpha value is -4.68. The van der Waals surface area contributed by atoms with Crippen LogP contribution in [0.3, 0.4) is 0 Å². The number of methoxy groups -OCH3 is 2. The highest BCUT2D eigenvalue weighted by Gasteiger charge is 2.72. The van der Waals surface area contributed by atoms with Crippen LogP contribution in [0.5, 0.6) is 11.5 Å². The lowest BCUT2D eigenvalue weighted by Gasteiger charge is -2.37. The predicted octanol–water partition coefficient (Wildman–Crippen LogP) is 6.67. The molecule has 7 rings (SSSR count). The second-order valence-electron chi connectivity index (χ2n) is 10.7. The fourth-order valence-electron chi connectivity index (χ4n) is 7.20. The first kappa shape index (κ1) is 26.2. The van der Waals surface area contributed by atoms with Gasteiger partial charge in [-0.3, -0.25) is 14.4 Å². The van der Waals surface area contributed by atoms with Gasteiger partial charge in [-0.1, -0.05) is 78.4 Å². The van der Waals surface area contributed by atoms with E-state index in [0.717, 1.165) is 11.3 Å². The van der Waals surface area contributed by atoms with Crippen LogP contribution in [0.25, 0.3) is 6.08 Å². The number of nitrogens with zero attached hydrogens (tertiary/aromatic N) is 1.